The van der Waals surface area contributed by atoms with Gasteiger partial charge in [-0.1, -0.05) is 29.8 Å². The molecule has 1 N–H and O–H groups in total. The Labute approximate surface area is 205 Å². The number of ether oxygens (including phenoxy) is 1. The largest absolute Gasteiger partial charge is 0.443 e. The normalized spacial score (nSPS) is 13.2. The fourth-order valence-electron chi connectivity index (χ4n) is 3.85. The van der Waals surface area contributed by atoms with E-state index < -0.39 is 17.6 Å². The lowest BCUT2D eigenvalue weighted by Crippen LogP contribution is -2.42. The van der Waals surface area contributed by atoms with E-state index in [1.807, 2.05) is 62.6 Å². The molecular formula is C25H26IN3O4. The first-order chi connectivity index (χ1) is 15.5. The summed E-state index contributed by atoms with van der Waals surface area (Å²) in [4.78, 5) is 40.6. The van der Waals surface area contributed by atoms with Gasteiger partial charge in [0, 0.05) is 34.8 Å². The molecule has 2 heterocycles. The number of hydrogen-bond donors (Lipinski definition) is 1. The van der Waals surface area contributed by atoms with Crippen LogP contribution in [0.4, 0.5) is 10.5 Å². The monoisotopic (exact) mass is 559 g/mol. The Morgan fingerprint density at radius 2 is 1.82 bits per heavy atom. The molecule has 0 unspecified atom stereocenters. The van der Waals surface area contributed by atoms with Crippen LogP contribution >= 0.6 is 22.6 Å². The third kappa shape index (κ3) is 4.90. The Balaban J connectivity index is 1.71. The van der Waals surface area contributed by atoms with Gasteiger partial charge in [-0.05, 0) is 68.0 Å². The molecule has 172 valence electrons. The maximum Gasteiger partial charge on any atom is 0.414 e. The minimum absolute atomic E-state index is 0.0910. The minimum atomic E-state index is -0.630. The molecule has 33 heavy (non-hydrogen) atoms. The van der Waals surface area contributed by atoms with Crippen molar-refractivity contribution < 1.29 is 14.3 Å². The van der Waals surface area contributed by atoms with Crippen LogP contribution in [0.1, 0.15) is 42.3 Å². The zero-order chi connectivity index (χ0) is 23.9. The second kappa shape index (κ2) is 8.81. The Bertz CT molecular complexity index is 1310. The van der Waals surface area contributed by atoms with E-state index in [2.05, 4.69) is 27.9 Å². The van der Waals surface area contributed by atoms with Crippen LogP contribution in [0, 0.1) is 10.5 Å². The average molecular weight is 559 g/mol. The first-order valence-electron chi connectivity index (χ1n) is 10.7. The van der Waals surface area contributed by atoms with Gasteiger partial charge in [-0.3, -0.25) is 14.5 Å². The third-order valence-electron chi connectivity index (χ3n) is 5.40. The molecule has 0 bridgehead atoms. The van der Waals surface area contributed by atoms with Crippen LogP contribution in [0.5, 0.6) is 0 Å². The number of halogens is 1. The van der Waals surface area contributed by atoms with Crippen molar-refractivity contribution in [2.45, 2.75) is 46.4 Å². The number of pyridine rings is 1. The van der Waals surface area contributed by atoms with Gasteiger partial charge < -0.3 is 14.6 Å². The van der Waals surface area contributed by atoms with Crippen molar-refractivity contribution in [1.29, 1.82) is 0 Å². The lowest BCUT2D eigenvalue weighted by Gasteiger charge is -2.32. The highest BCUT2D eigenvalue weighted by atomic mass is 127. The van der Waals surface area contributed by atoms with Crippen molar-refractivity contribution >= 4 is 51.2 Å². The van der Waals surface area contributed by atoms with Crippen molar-refractivity contribution in [2.24, 2.45) is 0 Å². The number of nitrogens with one attached hydrogen (secondary N) is 1. The van der Waals surface area contributed by atoms with E-state index in [0.717, 1.165) is 14.7 Å². The van der Waals surface area contributed by atoms with Crippen LogP contribution in [0.15, 0.2) is 47.4 Å². The summed E-state index contributed by atoms with van der Waals surface area (Å²) in [5.74, 6) is -0.416. The second-order valence-corrected chi connectivity index (χ2v) is 10.4. The maximum absolute atomic E-state index is 13.3. The van der Waals surface area contributed by atoms with Crippen LogP contribution in [0.3, 0.4) is 0 Å². The molecule has 2 amide bonds. The molecule has 1 aliphatic heterocycles. The number of hydrogen-bond acceptors (Lipinski definition) is 4. The zero-order valence-corrected chi connectivity index (χ0v) is 21.2. The van der Waals surface area contributed by atoms with Crippen molar-refractivity contribution in [2.75, 3.05) is 11.4 Å². The molecule has 0 radical (unpaired) electrons. The van der Waals surface area contributed by atoms with E-state index >= 15 is 0 Å². The first-order valence-corrected chi connectivity index (χ1v) is 11.8. The van der Waals surface area contributed by atoms with Crippen molar-refractivity contribution in [1.82, 2.24) is 9.88 Å². The van der Waals surface area contributed by atoms with Gasteiger partial charge in [0.15, 0.2) is 0 Å². The van der Waals surface area contributed by atoms with Gasteiger partial charge in [0.1, 0.15) is 11.2 Å². The maximum atomic E-state index is 13.3. The standard InChI is InChI=1S/C25H26IN3O4/c1-15-5-7-16(8-6-15)13-27-23(31)19-14-28-9-10-29(24(32)33-25(2,3)4)20-12-17(26)11-18(21(20)28)22(19)30/h5-8,11-12,14H,9-10,13H2,1-4H3,(H,27,31). The number of aromatic nitrogens is 1. The van der Waals surface area contributed by atoms with Crippen LogP contribution in [0.2, 0.25) is 0 Å². The van der Waals surface area contributed by atoms with Gasteiger partial charge in [-0.25, -0.2) is 4.79 Å². The Morgan fingerprint density at radius 3 is 2.48 bits per heavy atom. The van der Waals surface area contributed by atoms with Crippen LogP contribution in [0.25, 0.3) is 10.9 Å². The smallest absolute Gasteiger partial charge is 0.414 e. The molecule has 1 aromatic heterocycles. The zero-order valence-electron chi connectivity index (χ0n) is 19.1. The summed E-state index contributed by atoms with van der Waals surface area (Å²) < 4.78 is 8.25. The topological polar surface area (TPSA) is 80.6 Å². The summed E-state index contributed by atoms with van der Waals surface area (Å²) in [5, 5.41) is 3.26. The summed E-state index contributed by atoms with van der Waals surface area (Å²) >= 11 is 2.12. The highest BCUT2D eigenvalue weighted by molar-refractivity contribution is 14.1. The Morgan fingerprint density at radius 1 is 1.12 bits per heavy atom. The highest BCUT2D eigenvalue weighted by Gasteiger charge is 2.30. The summed E-state index contributed by atoms with van der Waals surface area (Å²) in [6.45, 7) is 8.62. The summed E-state index contributed by atoms with van der Waals surface area (Å²) in [7, 11) is 0. The molecule has 0 saturated heterocycles. The van der Waals surface area contributed by atoms with Gasteiger partial charge in [0.05, 0.1) is 11.2 Å². The third-order valence-corrected chi connectivity index (χ3v) is 6.03. The van der Waals surface area contributed by atoms with Gasteiger partial charge in [-0.2, -0.15) is 0 Å². The number of benzene rings is 2. The van der Waals surface area contributed by atoms with Crippen molar-refractivity contribution in [3.05, 3.63) is 73.1 Å². The fraction of sp³-hybridized carbons (Fsp3) is 0.320. The molecule has 8 heteroatoms. The number of aryl methyl sites for hydroxylation is 1. The Hall–Kier alpha value is -2.88. The number of rotatable bonds is 3. The van der Waals surface area contributed by atoms with Crippen molar-refractivity contribution in [3.63, 3.8) is 0 Å². The van der Waals surface area contributed by atoms with E-state index in [1.165, 1.54) is 0 Å². The van der Waals surface area contributed by atoms with Gasteiger partial charge in [-0.15, -0.1) is 0 Å². The van der Waals surface area contributed by atoms with Crippen LogP contribution < -0.4 is 15.6 Å². The van der Waals surface area contributed by atoms with E-state index in [9.17, 15) is 14.4 Å². The second-order valence-electron chi connectivity index (χ2n) is 9.19. The van der Waals surface area contributed by atoms with Crippen LogP contribution in [-0.4, -0.2) is 28.7 Å². The molecule has 0 atom stereocenters. The number of carbonyl (C=O) groups excluding carboxylic acids is 2. The molecule has 7 nitrogen and oxygen atoms in total. The minimum Gasteiger partial charge on any atom is -0.443 e. The lowest BCUT2D eigenvalue weighted by atomic mass is 10.1. The molecule has 3 aromatic rings. The van der Waals surface area contributed by atoms with E-state index in [1.54, 1.807) is 17.2 Å². The molecule has 0 spiro atoms. The van der Waals surface area contributed by atoms with E-state index in [4.69, 9.17) is 4.74 Å². The van der Waals surface area contributed by atoms with E-state index in [-0.39, 0.29) is 11.0 Å². The summed E-state index contributed by atoms with van der Waals surface area (Å²) in [5.41, 5.74) is 2.45. The van der Waals surface area contributed by atoms with Gasteiger partial charge in [0.25, 0.3) is 5.91 Å². The average Bonchev–Trinajstić information content (AvgIpc) is 2.73. The summed E-state index contributed by atoms with van der Waals surface area (Å²) in [6, 6.07) is 11.5. The molecule has 4 rings (SSSR count). The van der Waals surface area contributed by atoms with Gasteiger partial charge >= 0.3 is 6.09 Å². The van der Waals surface area contributed by atoms with Crippen LogP contribution in [-0.2, 0) is 17.8 Å². The quantitative estimate of drug-likeness (QED) is 0.476. The molecule has 0 aliphatic carbocycles. The van der Waals surface area contributed by atoms with Crippen molar-refractivity contribution in [3.8, 4) is 0 Å². The number of anilines is 1. The number of carbonyl (C=O) groups is 2. The molecule has 2 aromatic carbocycles. The first kappa shape index (κ1) is 23.3. The molecule has 1 aliphatic rings. The molecule has 0 saturated carbocycles. The fourth-order valence-corrected chi connectivity index (χ4v) is 4.45. The highest BCUT2D eigenvalue weighted by Crippen LogP contribution is 2.32. The summed E-state index contributed by atoms with van der Waals surface area (Å²) in [6.07, 6.45) is 1.14. The van der Waals surface area contributed by atoms with Gasteiger partial charge in [0.2, 0.25) is 5.43 Å². The molecular weight excluding hydrogens is 533 g/mol. The predicted molar refractivity (Wildman–Crippen MR) is 137 cm³/mol. The molecule has 0 fully saturated rings. The Kier molecular flexibility index (Phi) is 6.22. The number of nitrogens with zero attached hydrogens (tertiary/aromatic N) is 2. The lowest BCUT2D eigenvalue weighted by molar-refractivity contribution is 0.0577. The number of amides is 2. The predicted octanol–water partition coefficient (Wildman–Crippen LogP) is 4.60. The van der Waals surface area contributed by atoms with E-state index in [0.29, 0.717) is 36.2 Å². The SMILES string of the molecule is Cc1ccc(CNC(=O)c2cn3c4c(cc(I)cc4c2=O)N(C(=O)OC(C)(C)C)CC3)cc1.